The minimum Gasteiger partial charge on any atom is -0.328 e. The number of rotatable bonds is 2. The number of imidazole rings is 1. The molecule has 2 aromatic rings. The quantitative estimate of drug-likeness (QED) is 0.920. The highest BCUT2D eigenvalue weighted by atomic mass is 19.4. The number of halogens is 3. The number of para-hydroxylation sites is 2. The molecule has 0 amide bonds. The first-order valence-corrected chi connectivity index (χ1v) is 7.21. The molecular weight excluding hydrogens is 279 g/mol. The van der Waals surface area contributed by atoms with Crippen molar-refractivity contribution in [3.05, 3.63) is 30.1 Å². The van der Waals surface area contributed by atoms with E-state index in [1.165, 1.54) is 4.57 Å². The van der Waals surface area contributed by atoms with Gasteiger partial charge in [0.15, 0.2) is 0 Å². The number of alkyl halides is 3. The van der Waals surface area contributed by atoms with Crippen LogP contribution in [0.25, 0.3) is 11.0 Å². The van der Waals surface area contributed by atoms with Gasteiger partial charge in [-0.25, -0.2) is 4.98 Å². The van der Waals surface area contributed by atoms with Gasteiger partial charge in [-0.3, -0.25) is 0 Å². The largest absolute Gasteiger partial charge is 0.406 e. The summed E-state index contributed by atoms with van der Waals surface area (Å²) >= 11 is 0. The zero-order valence-corrected chi connectivity index (χ0v) is 11.6. The third-order valence-electron chi connectivity index (χ3n) is 4.10. The van der Waals surface area contributed by atoms with E-state index in [-0.39, 0.29) is 12.0 Å². The predicted molar refractivity (Wildman–Crippen MR) is 75.0 cm³/mol. The lowest BCUT2D eigenvalue weighted by molar-refractivity contribution is -0.140. The third-order valence-corrected chi connectivity index (χ3v) is 4.10. The molecule has 3 rings (SSSR count). The highest BCUT2D eigenvalue weighted by Gasteiger charge is 2.33. The van der Waals surface area contributed by atoms with Crippen LogP contribution in [-0.4, -0.2) is 21.8 Å². The van der Waals surface area contributed by atoms with Crippen molar-refractivity contribution in [2.75, 3.05) is 0 Å². The number of benzene rings is 1. The van der Waals surface area contributed by atoms with Crippen LogP contribution in [0.2, 0.25) is 0 Å². The van der Waals surface area contributed by atoms with Crippen molar-refractivity contribution in [2.45, 2.75) is 50.4 Å². The van der Waals surface area contributed by atoms with Crippen molar-refractivity contribution in [2.24, 2.45) is 5.73 Å². The molecule has 6 heteroatoms. The number of fused-ring (bicyclic) bond motifs is 1. The zero-order valence-electron chi connectivity index (χ0n) is 11.6. The van der Waals surface area contributed by atoms with Gasteiger partial charge in [0.1, 0.15) is 12.4 Å². The van der Waals surface area contributed by atoms with E-state index >= 15 is 0 Å². The molecule has 1 fully saturated rings. The Bertz CT molecular complexity index is 633. The van der Waals surface area contributed by atoms with Gasteiger partial charge in [-0.05, 0) is 31.4 Å². The molecule has 2 atom stereocenters. The lowest BCUT2D eigenvalue weighted by Crippen LogP contribution is -2.29. The fourth-order valence-corrected chi connectivity index (χ4v) is 3.21. The summed E-state index contributed by atoms with van der Waals surface area (Å²) in [4.78, 5) is 4.46. The number of hydrogen-bond acceptors (Lipinski definition) is 2. The molecule has 0 bridgehead atoms. The summed E-state index contributed by atoms with van der Waals surface area (Å²) < 4.78 is 40.0. The van der Waals surface area contributed by atoms with Crippen LogP contribution in [0, 0.1) is 0 Å². The van der Waals surface area contributed by atoms with E-state index in [2.05, 4.69) is 4.98 Å². The van der Waals surface area contributed by atoms with Crippen LogP contribution in [-0.2, 0) is 6.54 Å². The van der Waals surface area contributed by atoms with Crippen molar-refractivity contribution in [3.63, 3.8) is 0 Å². The molecule has 1 saturated carbocycles. The summed E-state index contributed by atoms with van der Waals surface area (Å²) in [6.07, 6.45) is -0.803. The molecule has 3 nitrogen and oxygen atoms in total. The van der Waals surface area contributed by atoms with E-state index in [0.29, 0.717) is 23.3 Å². The minimum absolute atomic E-state index is 0.0171. The maximum absolute atomic E-state index is 12.9. The standard InChI is InChI=1S/C15H18F3N3/c16-15(17,18)9-21-13-7-2-1-6-12(13)20-14(21)10-4-3-5-11(19)8-10/h1-2,6-7,10-11H,3-5,8-9,19H2. The highest BCUT2D eigenvalue weighted by Crippen LogP contribution is 2.34. The monoisotopic (exact) mass is 297 g/mol. The van der Waals surface area contributed by atoms with Gasteiger partial charge < -0.3 is 10.3 Å². The zero-order chi connectivity index (χ0) is 15.0. The van der Waals surface area contributed by atoms with Crippen LogP contribution < -0.4 is 5.73 Å². The molecule has 21 heavy (non-hydrogen) atoms. The maximum Gasteiger partial charge on any atom is 0.406 e. The fraction of sp³-hybridized carbons (Fsp3) is 0.533. The van der Waals surface area contributed by atoms with Crippen molar-refractivity contribution in [3.8, 4) is 0 Å². The second-order valence-corrected chi connectivity index (χ2v) is 5.78. The van der Waals surface area contributed by atoms with Crippen LogP contribution in [0.4, 0.5) is 13.2 Å². The summed E-state index contributed by atoms with van der Waals surface area (Å²) in [7, 11) is 0. The van der Waals surface area contributed by atoms with Crippen LogP contribution in [0.5, 0.6) is 0 Å². The molecule has 1 aromatic carbocycles. The SMILES string of the molecule is NC1CCCC(c2nc3ccccc3n2CC(F)(F)F)C1. The third kappa shape index (κ3) is 3.05. The molecule has 1 aromatic heterocycles. The molecule has 1 heterocycles. The molecule has 0 aliphatic heterocycles. The second kappa shape index (κ2) is 5.33. The lowest BCUT2D eigenvalue weighted by atomic mass is 9.85. The average molecular weight is 297 g/mol. The van der Waals surface area contributed by atoms with Gasteiger partial charge in [-0.1, -0.05) is 18.6 Å². The second-order valence-electron chi connectivity index (χ2n) is 5.78. The van der Waals surface area contributed by atoms with E-state index < -0.39 is 12.7 Å². The van der Waals surface area contributed by atoms with Gasteiger partial charge in [-0.2, -0.15) is 13.2 Å². The van der Waals surface area contributed by atoms with E-state index in [9.17, 15) is 13.2 Å². The molecule has 114 valence electrons. The Kier molecular flexibility index (Phi) is 3.65. The maximum atomic E-state index is 12.9. The molecule has 0 saturated heterocycles. The van der Waals surface area contributed by atoms with E-state index in [0.717, 1.165) is 19.3 Å². The Labute approximate surface area is 121 Å². The molecule has 0 radical (unpaired) electrons. The van der Waals surface area contributed by atoms with E-state index in [1.807, 2.05) is 0 Å². The minimum atomic E-state index is -4.25. The average Bonchev–Trinajstić information content (AvgIpc) is 2.76. The molecule has 2 N–H and O–H groups in total. The number of hydrogen-bond donors (Lipinski definition) is 1. The van der Waals surface area contributed by atoms with Crippen LogP contribution in [0.1, 0.15) is 37.4 Å². The summed E-state index contributed by atoms with van der Waals surface area (Å²) in [5.74, 6) is 0.548. The molecule has 0 spiro atoms. The van der Waals surface area contributed by atoms with Crippen molar-refractivity contribution in [1.29, 1.82) is 0 Å². The summed E-state index contributed by atoms with van der Waals surface area (Å²) in [6.45, 7) is -0.991. The first-order chi connectivity index (χ1) is 9.94. The Morgan fingerprint density at radius 1 is 1.24 bits per heavy atom. The molecular formula is C15H18F3N3. The van der Waals surface area contributed by atoms with Gasteiger partial charge in [0.25, 0.3) is 0 Å². The van der Waals surface area contributed by atoms with Crippen LogP contribution in [0.15, 0.2) is 24.3 Å². The smallest absolute Gasteiger partial charge is 0.328 e. The molecule has 1 aliphatic rings. The fourth-order valence-electron chi connectivity index (χ4n) is 3.21. The van der Waals surface area contributed by atoms with Crippen LogP contribution in [0.3, 0.4) is 0 Å². The first kappa shape index (κ1) is 14.4. The normalized spacial score (nSPS) is 23.6. The Morgan fingerprint density at radius 3 is 2.71 bits per heavy atom. The number of aromatic nitrogens is 2. The number of nitrogens with two attached hydrogens (primary N) is 1. The van der Waals surface area contributed by atoms with E-state index in [1.54, 1.807) is 24.3 Å². The predicted octanol–water partition coefficient (Wildman–Crippen LogP) is 3.58. The van der Waals surface area contributed by atoms with E-state index in [4.69, 9.17) is 5.73 Å². The topological polar surface area (TPSA) is 43.8 Å². The van der Waals surface area contributed by atoms with Gasteiger partial charge >= 0.3 is 6.18 Å². The summed E-state index contributed by atoms with van der Waals surface area (Å²) in [5, 5.41) is 0. The first-order valence-electron chi connectivity index (χ1n) is 7.21. The van der Waals surface area contributed by atoms with Crippen LogP contribution >= 0.6 is 0 Å². The lowest BCUT2D eigenvalue weighted by Gasteiger charge is -2.27. The summed E-state index contributed by atoms with van der Waals surface area (Å²) in [6, 6.07) is 7.05. The van der Waals surface area contributed by atoms with Gasteiger partial charge in [0.2, 0.25) is 0 Å². The van der Waals surface area contributed by atoms with Crippen molar-refractivity contribution in [1.82, 2.24) is 9.55 Å². The van der Waals surface area contributed by atoms with Crippen molar-refractivity contribution < 1.29 is 13.2 Å². The van der Waals surface area contributed by atoms with Crippen molar-refractivity contribution >= 4 is 11.0 Å². The van der Waals surface area contributed by atoms with Gasteiger partial charge in [0, 0.05) is 12.0 Å². The summed E-state index contributed by atoms with van der Waals surface area (Å²) in [5.41, 5.74) is 7.14. The van der Waals surface area contributed by atoms with Gasteiger partial charge in [0.05, 0.1) is 11.0 Å². The number of nitrogens with zero attached hydrogens (tertiary/aromatic N) is 2. The highest BCUT2D eigenvalue weighted by molar-refractivity contribution is 5.76. The molecule has 2 unspecified atom stereocenters. The Balaban J connectivity index is 2.05. The Morgan fingerprint density at radius 2 is 2.00 bits per heavy atom. The van der Waals surface area contributed by atoms with Gasteiger partial charge in [-0.15, -0.1) is 0 Å². The molecule has 1 aliphatic carbocycles. The Hall–Kier alpha value is -1.56.